The Kier molecular flexibility index (Phi) is 6.77. The molecule has 9 nitrogen and oxygen atoms in total. The van der Waals surface area contributed by atoms with Crippen LogP contribution in [0.5, 0.6) is 23.1 Å². The Morgan fingerprint density at radius 2 is 1.82 bits per heavy atom. The fourth-order valence-electron chi connectivity index (χ4n) is 3.73. The Morgan fingerprint density at radius 3 is 2.50 bits per heavy atom. The lowest BCUT2D eigenvalue weighted by molar-refractivity contribution is 0.0997. The van der Waals surface area contributed by atoms with Gasteiger partial charge in [-0.25, -0.2) is 14.2 Å². The molecule has 10 heteroatoms. The number of ether oxygens (including phenoxy) is 2. The Morgan fingerprint density at radius 1 is 1.09 bits per heavy atom. The average molecular weight is 466 g/mol. The second-order valence-electron chi connectivity index (χ2n) is 7.78. The molecule has 0 saturated carbocycles. The third-order valence-corrected chi connectivity index (χ3v) is 5.29. The number of aromatic nitrogens is 1. The van der Waals surface area contributed by atoms with Crippen LogP contribution in [0.25, 0.3) is 0 Å². The normalized spacial score (nSPS) is 15.4. The number of rotatable bonds is 7. The fraction of sp³-hybridized carbons (Fsp3) is 0.208. The number of nitrogens with zero attached hydrogens (tertiary/aromatic N) is 2. The van der Waals surface area contributed by atoms with Gasteiger partial charge in [0.2, 0.25) is 5.88 Å². The number of hydrogen-bond acceptors (Lipinski definition) is 6. The highest BCUT2D eigenvalue weighted by Crippen LogP contribution is 2.30. The number of primary amides is 1. The first kappa shape index (κ1) is 22.8. The largest absolute Gasteiger partial charge is 0.465 e. The van der Waals surface area contributed by atoms with Gasteiger partial charge in [-0.3, -0.25) is 4.79 Å². The monoisotopic (exact) mass is 466 g/mol. The van der Waals surface area contributed by atoms with Gasteiger partial charge in [-0.05, 0) is 55.3 Å². The van der Waals surface area contributed by atoms with Gasteiger partial charge in [-0.2, -0.15) is 0 Å². The van der Waals surface area contributed by atoms with Crippen molar-refractivity contribution in [3.05, 3.63) is 72.2 Å². The molecule has 1 unspecified atom stereocenters. The van der Waals surface area contributed by atoms with Crippen molar-refractivity contribution in [3.63, 3.8) is 0 Å². The van der Waals surface area contributed by atoms with Crippen LogP contribution in [0.1, 0.15) is 23.2 Å². The molecule has 1 aliphatic rings. The van der Waals surface area contributed by atoms with Crippen molar-refractivity contribution in [1.82, 2.24) is 10.3 Å². The van der Waals surface area contributed by atoms with Crippen LogP contribution in [0.15, 0.2) is 60.8 Å². The van der Waals surface area contributed by atoms with Crippen LogP contribution in [-0.4, -0.2) is 41.2 Å². The number of piperidine rings is 1. The van der Waals surface area contributed by atoms with Gasteiger partial charge in [0.25, 0.3) is 5.91 Å². The van der Waals surface area contributed by atoms with Crippen molar-refractivity contribution in [2.24, 2.45) is 5.73 Å². The molecule has 0 spiro atoms. The first-order chi connectivity index (χ1) is 16.4. The SMILES string of the molecule is NC(=O)c1cc(N2CCCC(NC(=O)O)C2)cnc1Oc1ccc(Oc2cccc(F)c2)cc1. The quantitative estimate of drug-likeness (QED) is 0.478. The molecule has 176 valence electrons. The second-order valence-corrected chi connectivity index (χ2v) is 7.78. The third kappa shape index (κ3) is 5.71. The summed E-state index contributed by atoms with van der Waals surface area (Å²) in [5.74, 6) is 0.188. The van der Waals surface area contributed by atoms with Crippen LogP contribution in [0.3, 0.4) is 0 Å². The number of halogens is 1. The van der Waals surface area contributed by atoms with Gasteiger partial charge in [0.05, 0.1) is 11.9 Å². The Balaban J connectivity index is 1.47. The number of nitrogens with two attached hydrogens (primary N) is 1. The van der Waals surface area contributed by atoms with E-state index in [2.05, 4.69) is 10.3 Å². The van der Waals surface area contributed by atoms with Crippen LogP contribution in [0, 0.1) is 5.82 Å². The molecule has 0 aliphatic carbocycles. The molecule has 1 atom stereocenters. The maximum Gasteiger partial charge on any atom is 0.404 e. The van der Waals surface area contributed by atoms with Crippen molar-refractivity contribution in [2.75, 3.05) is 18.0 Å². The van der Waals surface area contributed by atoms with E-state index in [0.29, 0.717) is 36.0 Å². The summed E-state index contributed by atoms with van der Waals surface area (Å²) in [5.41, 5.74) is 6.32. The number of carbonyl (C=O) groups excluding carboxylic acids is 1. The van der Waals surface area contributed by atoms with E-state index in [0.717, 1.165) is 12.8 Å². The molecule has 1 saturated heterocycles. The Hall–Kier alpha value is -4.34. The maximum atomic E-state index is 13.3. The van der Waals surface area contributed by atoms with Gasteiger partial charge in [0, 0.05) is 25.2 Å². The average Bonchev–Trinajstić information content (AvgIpc) is 2.80. The predicted octanol–water partition coefficient (Wildman–Crippen LogP) is 4.14. The van der Waals surface area contributed by atoms with Gasteiger partial charge in [-0.1, -0.05) is 6.07 Å². The predicted molar refractivity (Wildman–Crippen MR) is 122 cm³/mol. The van der Waals surface area contributed by atoms with Crippen molar-refractivity contribution in [1.29, 1.82) is 0 Å². The van der Waals surface area contributed by atoms with Crippen LogP contribution < -0.4 is 25.4 Å². The summed E-state index contributed by atoms with van der Waals surface area (Å²) in [7, 11) is 0. The molecule has 4 rings (SSSR count). The van der Waals surface area contributed by atoms with Gasteiger partial charge < -0.3 is 30.5 Å². The van der Waals surface area contributed by atoms with Crippen molar-refractivity contribution >= 4 is 17.7 Å². The van der Waals surface area contributed by atoms with E-state index in [1.54, 1.807) is 48.7 Å². The summed E-state index contributed by atoms with van der Waals surface area (Å²) in [4.78, 5) is 29.3. The standard InChI is InChI=1S/C24H23FN4O5/c25-15-3-1-5-20(11-15)33-18-6-8-19(9-7-18)34-23-21(22(26)30)12-17(13-27-23)29-10-2-4-16(14-29)28-24(31)32/h1,3,5-9,11-13,16,28H,2,4,10,14H2,(H2,26,30)(H,31,32). The molecule has 2 amide bonds. The number of amides is 2. The smallest absolute Gasteiger partial charge is 0.404 e. The summed E-state index contributed by atoms with van der Waals surface area (Å²) in [5, 5.41) is 11.5. The number of hydrogen-bond donors (Lipinski definition) is 3. The molecule has 0 bridgehead atoms. The van der Waals surface area contributed by atoms with E-state index in [-0.39, 0.29) is 17.5 Å². The van der Waals surface area contributed by atoms with Gasteiger partial charge in [0.1, 0.15) is 28.6 Å². The summed E-state index contributed by atoms with van der Waals surface area (Å²) in [6.07, 6.45) is 2.02. The summed E-state index contributed by atoms with van der Waals surface area (Å²) >= 11 is 0. The Labute approximate surface area is 194 Å². The molecular formula is C24H23FN4O5. The van der Waals surface area contributed by atoms with Crippen molar-refractivity contribution < 1.29 is 28.6 Å². The topological polar surface area (TPSA) is 127 Å². The lowest BCUT2D eigenvalue weighted by Gasteiger charge is -2.34. The zero-order chi connectivity index (χ0) is 24.1. The molecule has 4 N–H and O–H groups in total. The zero-order valence-electron chi connectivity index (χ0n) is 18.1. The van der Waals surface area contributed by atoms with Gasteiger partial charge in [0.15, 0.2) is 0 Å². The first-order valence-corrected chi connectivity index (χ1v) is 10.6. The van der Waals surface area contributed by atoms with Crippen LogP contribution in [0.2, 0.25) is 0 Å². The zero-order valence-corrected chi connectivity index (χ0v) is 18.1. The van der Waals surface area contributed by atoms with Gasteiger partial charge in [-0.15, -0.1) is 0 Å². The molecule has 1 aromatic heterocycles. The Bertz CT molecular complexity index is 1190. The van der Waals surface area contributed by atoms with E-state index in [1.165, 1.54) is 12.1 Å². The van der Waals surface area contributed by atoms with E-state index in [1.807, 2.05) is 4.90 Å². The number of carboxylic acid groups (broad SMARTS) is 1. The van der Waals surface area contributed by atoms with Crippen molar-refractivity contribution in [3.8, 4) is 23.1 Å². The van der Waals surface area contributed by atoms with E-state index < -0.39 is 17.8 Å². The van der Waals surface area contributed by atoms with E-state index in [9.17, 15) is 14.0 Å². The van der Waals surface area contributed by atoms with E-state index in [4.69, 9.17) is 20.3 Å². The van der Waals surface area contributed by atoms with Crippen LogP contribution in [-0.2, 0) is 0 Å². The van der Waals surface area contributed by atoms with E-state index >= 15 is 0 Å². The lowest BCUT2D eigenvalue weighted by atomic mass is 10.1. The molecular weight excluding hydrogens is 443 g/mol. The molecule has 2 aromatic carbocycles. The molecule has 0 radical (unpaired) electrons. The summed E-state index contributed by atoms with van der Waals surface area (Å²) in [6.45, 7) is 1.16. The molecule has 1 fully saturated rings. The number of anilines is 1. The molecule has 34 heavy (non-hydrogen) atoms. The minimum atomic E-state index is -1.07. The van der Waals surface area contributed by atoms with Crippen molar-refractivity contribution in [2.45, 2.75) is 18.9 Å². The summed E-state index contributed by atoms with van der Waals surface area (Å²) in [6, 6.07) is 13.7. The lowest BCUT2D eigenvalue weighted by Crippen LogP contribution is -2.47. The fourth-order valence-corrected chi connectivity index (χ4v) is 3.73. The first-order valence-electron chi connectivity index (χ1n) is 10.6. The van der Waals surface area contributed by atoms with Crippen LogP contribution in [0.4, 0.5) is 14.9 Å². The molecule has 3 aromatic rings. The number of benzene rings is 2. The number of carbonyl (C=O) groups is 2. The second kappa shape index (κ2) is 10.1. The third-order valence-electron chi connectivity index (χ3n) is 5.29. The molecule has 1 aliphatic heterocycles. The number of pyridine rings is 1. The molecule has 2 heterocycles. The minimum Gasteiger partial charge on any atom is -0.465 e. The highest BCUT2D eigenvalue weighted by Gasteiger charge is 2.23. The highest BCUT2D eigenvalue weighted by molar-refractivity contribution is 5.96. The highest BCUT2D eigenvalue weighted by atomic mass is 19.1. The van der Waals surface area contributed by atoms with Crippen LogP contribution >= 0.6 is 0 Å². The maximum absolute atomic E-state index is 13.3. The minimum absolute atomic E-state index is 0.0484. The number of nitrogens with one attached hydrogen (secondary N) is 1. The summed E-state index contributed by atoms with van der Waals surface area (Å²) < 4.78 is 24.7. The van der Waals surface area contributed by atoms with Gasteiger partial charge >= 0.3 is 6.09 Å².